The van der Waals surface area contributed by atoms with Crippen LogP contribution in [0.25, 0.3) is 0 Å². The van der Waals surface area contributed by atoms with E-state index in [-0.39, 0.29) is 34.2 Å². The molecule has 0 saturated carbocycles. The molecule has 0 spiro atoms. The fourth-order valence-corrected chi connectivity index (χ4v) is 2.23. The third-order valence-electron chi connectivity index (χ3n) is 3.28. The van der Waals surface area contributed by atoms with Crippen molar-refractivity contribution in [3.05, 3.63) is 58.9 Å². The molecule has 2 heterocycles. The SMILES string of the molecule is CC.CC(C)(C)C(=O)Cc1cncc(Br)c1.CC(C)(C)C(=O)Cl.CCI.Nc1cncc(Br)c1.[CH3-].[I][V]([I])[I]. The average molecular weight is 1180 g/mol. The Morgan fingerprint density at radius 2 is 1.23 bits per heavy atom. The van der Waals surface area contributed by atoms with Gasteiger partial charge in [0.1, 0.15) is 5.78 Å². The van der Waals surface area contributed by atoms with Crippen LogP contribution in [0.2, 0.25) is 0 Å². The molecule has 0 saturated heterocycles. The van der Waals surface area contributed by atoms with Crippen LogP contribution in [0.15, 0.2) is 45.9 Å². The predicted octanol–water partition coefficient (Wildman–Crippen LogP) is 11.8. The summed E-state index contributed by atoms with van der Waals surface area (Å²) in [6, 6.07) is 3.73. The normalized spacial score (nSPS) is 9.56. The molecule has 0 aromatic carbocycles. The fourth-order valence-electron chi connectivity index (χ4n) is 1.43. The average Bonchev–Trinajstić information content (AvgIpc) is 2.75. The predicted molar refractivity (Wildman–Crippen MR) is 211 cm³/mol. The molecule has 0 radical (unpaired) electrons. The van der Waals surface area contributed by atoms with Crippen molar-refractivity contribution in [2.24, 2.45) is 10.8 Å². The number of nitrogens with two attached hydrogens (primary N) is 1. The van der Waals surface area contributed by atoms with E-state index in [0.717, 1.165) is 14.5 Å². The molecule has 0 bridgehead atoms. The van der Waals surface area contributed by atoms with Crippen molar-refractivity contribution in [1.29, 1.82) is 0 Å². The van der Waals surface area contributed by atoms with Crippen molar-refractivity contribution in [2.75, 3.05) is 10.2 Å². The number of anilines is 1. The van der Waals surface area contributed by atoms with Crippen LogP contribution >= 0.6 is 126 Å². The third-order valence-corrected chi connectivity index (χ3v) is 4.71. The first kappa shape index (κ1) is 50.8. The van der Waals surface area contributed by atoms with E-state index in [9.17, 15) is 9.59 Å². The van der Waals surface area contributed by atoms with Gasteiger partial charge in [-0.1, -0.05) is 84.9 Å². The Labute approximate surface area is 311 Å². The number of rotatable bonds is 2. The zero-order valence-electron chi connectivity index (χ0n) is 24.3. The van der Waals surface area contributed by atoms with Gasteiger partial charge >= 0.3 is 64.9 Å². The Bertz CT molecular complexity index is 882. The fraction of sp³-hybridized carbons (Fsp3) is 0.500. The molecule has 13 heteroatoms. The van der Waals surface area contributed by atoms with Crippen LogP contribution in [0, 0.1) is 18.3 Å². The molecule has 2 N–H and O–H groups in total. The van der Waals surface area contributed by atoms with Crippen LogP contribution in [0.3, 0.4) is 0 Å². The molecule has 39 heavy (non-hydrogen) atoms. The summed E-state index contributed by atoms with van der Waals surface area (Å²) in [7, 11) is 0. The molecular weight excluding hydrogens is 1140 g/mol. The number of Topliss-reactive ketones (excluding diaryl/α,β-unsaturated/α-hetero) is 1. The second kappa shape index (κ2) is 30.2. The van der Waals surface area contributed by atoms with E-state index in [0.29, 0.717) is 12.1 Å². The van der Waals surface area contributed by atoms with Crippen molar-refractivity contribution in [1.82, 2.24) is 9.97 Å². The first-order valence-corrected chi connectivity index (χ1v) is 28.3. The summed E-state index contributed by atoms with van der Waals surface area (Å²) < 4.78 is 3.05. The van der Waals surface area contributed by atoms with Gasteiger partial charge in [-0.05, 0) is 65.6 Å². The van der Waals surface area contributed by atoms with Crippen LogP contribution in [-0.4, -0.2) is 25.4 Å². The molecule has 2 rings (SSSR count). The monoisotopic (exact) mass is 1180 g/mol. The Kier molecular flexibility index (Phi) is 39.4. The molecule has 0 aliphatic rings. The van der Waals surface area contributed by atoms with Crippen LogP contribution in [0.4, 0.5) is 5.69 Å². The van der Waals surface area contributed by atoms with Gasteiger partial charge in [0.25, 0.3) is 0 Å². The summed E-state index contributed by atoms with van der Waals surface area (Å²) >= 11 is 21.3. The Hall–Kier alpha value is 2.19. The molecular formula is C26H42Br2ClI4N3O2V-. The van der Waals surface area contributed by atoms with Crippen molar-refractivity contribution in [3.8, 4) is 0 Å². The third kappa shape index (κ3) is 40.2. The number of ketones is 1. The van der Waals surface area contributed by atoms with E-state index in [4.69, 9.17) is 17.3 Å². The van der Waals surface area contributed by atoms with E-state index in [2.05, 4.69) is 131 Å². The molecule has 5 nitrogen and oxygen atoms in total. The summed E-state index contributed by atoms with van der Waals surface area (Å²) in [5.74, 6) is 0.234. The van der Waals surface area contributed by atoms with Crippen molar-refractivity contribution >= 4 is 143 Å². The number of carbonyl (C=O) groups is 2. The van der Waals surface area contributed by atoms with Gasteiger partial charge in [0, 0.05) is 51.0 Å². The number of nitrogens with zero attached hydrogens (tertiary/aromatic N) is 2. The van der Waals surface area contributed by atoms with Gasteiger partial charge in [0.05, 0.1) is 5.69 Å². The quantitative estimate of drug-likeness (QED) is 0.140. The zero-order valence-corrected chi connectivity index (χ0v) is 38.2. The van der Waals surface area contributed by atoms with Crippen molar-refractivity contribution < 1.29 is 14.5 Å². The van der Waals surface area contributed by atoms with Gasteiger partial charge in [0.15, 0.2) is 0 Å². The standard InChI is InChI=1S/C11H14BrNO.C5H5BrN2.C5H9ClO.C2H5I.C2H6.CH3.3HI.V/c1-11(2,3)10(14)5-8-4-9(12)7-13-6-8;6-4-1-5(7)3-8-2-4;1-5(2,3)4(6)7;1-2-3;1-2;;;;;/h4,6-7H,5H2,1-3H3;1-3H,7H2;1-3H3;2H2,1H3;1-2H3;1H3;3*1H;/q;;;;;-1;;;;+3/p-3. The van der Waals surface area contributed by atoms with Gasteiger partial charge in [-0.25, -0.2) is 0 Å². The molecule has 0 fully saturated rings. The summed E-state index contributed by atoms with van der Waals surface area (Å²) in [5.41, 5.74) is 6.35. The van der Waals surface area contributed by atoms with Gasteiger partial charge in [-0.3, -0.25) is 19.6 Å². The zero-order chi connectivity index (χ0) is 31.1. The first-order valence-electron chi connectivity index (χ1n) is 11.3. The van der Waals surface area contributed by atoms with E-state index in [1.54, 1.807) is 51.6 Å². The van der Waals surface area contributed by atoms with E-state index in [1.807, 2.05) is 40.7 Å². The van der Waals surface area contributed by atoms with Gasteiger partial charge < -0.3 is 13.2 Å². The Morgan fingerprint density at radius 1 is 0.897 bits per heavy atom. The number of hydrogen-bond donors (Lipinski definition) is 1. The van der Waals surface area contributed by atoms with Crippen LogP contribution in [-0.2, 0) is 20.9 Å². The summed E-state index contributed by atoms with van der Waals surface area (Å²) in [5, 5.41) is -0.285. The molecule has 0 amide bonds. The number of alkyl halides is 1. The van der Waals surface area contributed by atoms with Crippen molar-refractivity contribution in [2.45, 2.75) is 68.7 Å². The number of halogens is 7. The minimum absolute atomic E-state index is 0. The molecule has 0 atom stereocenters. The molecule has 0 aliphatic carbocycles. The number of hydrogen-bond acceptors (Lipinski definition) is 5. The maximum absolute atomic E-state index is 11.7. The number of pyridine rings is 2. The summed E-state index contributed by atoms with van der Waals surface area (Å²) in [6.07, 6.45) is 7.19. The Morgan fingerprint density at radius 3 is 1.46 bits per heavy atom. The number of aromatic nitrogens is 2. The number of carbonyl (C=O) groups excluding carboxylic acids is 2. The van der Waals surface area contributed by atoms with Gasteiger partial charge in [0.2, 0.25) is 5.24 Å². The Balaban J connectivity index is -0.000000133. The molecule has 228 valence electrons. The molecule has 0 unspecified atom stereocenters. The molecule has 2 aromatic rings. The molecule has 2 aromatic heterocycles. The molecule has 0 aliphatic heterocycles. The topological polar surface area (TPSA) is 85.9 Å². The number of nitrogen functional groups attached to an aromatic ring is 1. The second-order valence-electron chi connectivity index (χ2n) is 8.78. The van der Waals surface area contributed by atoms with E-state index in [1.165, 1.54) is 4.43 Å². The van der Waals surface area contributed by atoms with E-state index >= 15 is 0 Å². The van der Waals surface area contributed by atoms with Gasteiger partial charge in [-0.2, -0.15) is 0 Å². The second-order valence-corrected chi connectivity index (χ2v) is 47.9. The van der Waals surface area contributed by atoms with Crippen LogP contribution in [0.5, 0.6) is 0 Å². The summed E-state index contributed by atoms with van der Waals surface area (Å²) in [6.45, 7) is 17.2. The van der Waals surface area contributed by atoms with Crippen LogP contribution in [0.1, 0.15) is 67.9 Å². The van der Waals surface area contributed by atoms with E-state index < -0.39 is 0 Å². The van der Waals surface area contributed by atoms with Crippen molar-refractivity contribution in [3.63, 3.8) is 0 Å². The summed E-state index contributed by atoms with van der Waals surface area (Å²) in [4.78, 5) is 29.5. The minimum atomic E-state index is -0.373. The van der Waals surface area contributed by atoms with Gasteiger partial charge in [-0.15, -0.1) is 0 Å². The first-order chi connectivity index (χ1) is 17.3. The maximum atomic E-state index is 11.7. The van der Waals surface area contributed by atoms with Crippen LogP contribution < -0.4 is 5.73 Å².